The maximum atomic E-state index is 13.1. The minimum atomic E-state index is -4.84. The first-order valence-electron chi connectivity index (χ1n) is 8.24. The summed E-state index contributed by atoms with van der Waals surface area (Å²) in [4.78, 5) is 11.0. The normalized spacial score (nSPS) is 21.3. The third kappa shape index (κ3) is 3.94. The summed E-state index contributed by atoms with van der Waals surface area (Å²) in [5.41, 5.74) is 0.00623. The van der Waals surface area contributed by atoms with Crippen LogP contribution in [-0.2, 0) is 11.2 Å². The number of alkyl halides is 3. The second kappa shape index (κ2) is 6.90. The molecular weight excluding hydrogens is 357 g/mol. The van der Waals surface area contributed by atoms with Gasteiger partial charge in [0.05, 0.1) is 5.97 Å². The molecule has 7 heteroatoms. The van der Waals surface area contributed by atoms with Gasteiger partial charge in [-0.1, -0.05) is 43.7 Å². The molecule has 3 rings (SSSR count). The highest BCUT2D eigenvalue weighted by molar-refractivity contribution is 6.31. The van der Waals surface area contributed by atoms with Crippen LogP contribution in [0.5, 0.6) is 5.75 Å². The van der Waals surface area contributed by atoms with E-state index in [0.717, 1.165) is 37.3 Å². The van der Waals surface area contributed by atoms with E-state index in [1.807, 2.05) is 0 Å². The monoisotopic (exact) mass is 373 g/mol. The van der Waals surface area contributed by atoms with Gasteiger partial charge >= 0.3 is 6.18 Å². The maximum absolute atomic E-state index is 13.1. The first-order chi connectivity index (χ1) is 11.8. The Morgan fingerprint density at radius 3 is 2.52 bits per heavy atom. The van der Waals surface area contributed by atoms with Crippen LogP contribution in [0, 0.1) is 5.92 Å². The Hall–Kier alpha value is -1.69. The van der Waals surface area contributed by atoms with Crippen LogP contribution in [0.4, 0.5) is 13.2 Å². The van der Waals surface area contributed by atoms with Crippen LogP contribution < -0.4 is 9.84 Å². The number of hydrogen-bond donors (Lipinski definition) is 0. The average Bonchev–Trinajstić information content (AvgIpc) is 2.54. The fourth-order valence-electron chi connectivity index (χ4n) is 3.53. The van der Waals surface area contributed by atoms with E-state index in [4.69, 9.17) is 16.3 Å². The van der Waals surface area contributed by atoms with Crippen molar-refractivity contribution in [3.63, 3.8) is 0 Å². The number of halogens is 4. The Kier molecular flexibility index (Phi) is 5.00. The molecule has 1 atom stereocenters. The molecule has 0 aromatic heterocycles. The molecule has 1 aromatic carbocycles. The molecule has 2 aliphatic rings. The molecule has 0 bridgehead atoms. The van der Waals surface area contributed by atoms with E-state index in [0.29, 0.717) is 17.4 Å². The minimum absolute atomic E-state index is 0.00235. The van der Waals surface area contributed by atoms with Gasteiger partial charge in [-0.25, -0.2) is 0 Å². The molecule has 1 saturated carbocycles. The Bertz CT molecular complexity index is 706. The van der Waals surface area contributed by atoms with E-state index in [9.17, 15) is 23.1 Å². The summed E-state index contributed by atoms with van der Waals surface area (Å²) in [6.07, 6.45) is -0.0915. The van der Waals surface area contributed by atoms with E-state index in [-0.39, 0.29) is 11.3 Å². The third-order valence-corrected chi connectivity index (χ3v) is 5.14. The van der Waals surface area contributed by atoms with Crippen molar-refractivity contribution in [2.75, 3.05) is 0 Å². The first kappa shape index (κ1) is 18.1. The number of rotatable bonds is 3. The smallest absolute Gasteiger partial charge is 0.429 e. The van der Waals surface area contributed by atoms with Gasteiger partial charge in [0.25, 0.3) is 0 Å². The number of carboxylic acids is 1. The molecular formula is C18H17ClF3O3-. The highest BCUT2D eigenvalue weighted by atomic mass is 35.5. The van der Waals surface area contributed by atoms with Crippen molar-refractivity contribution < 1.29 is 27.8 Å². The van der Waals surface area contributed by atoms with Crippen molar-refractivity contribution in [2.45, 2.75) is 50.8 Å². The molecule has 1 aromatic rings. The molecule has 136 valence electrons. The summed E-state index contributed by atoms with van der Waals surface area (Å²) in [6.45, 7) is 0. The lowest BCUT2D eigenvalue weighted by Gasteiger charge is -2.30. The number of hydrogen-bond acceptors (Lipinski definition) is 3. The molecule has 1 unspecified atom stereocenters. The lowest BCUT2D eigenvalue weighted by atomic mass is 9.84. The van der Waals surface area contributed by atoms with Crippen molar-refractivity contribution >= 4 is 23.6 Å². The Balaban J connectivity index is 1.93. The molecule has 3 nitrogen and oxygen atoms in total. The van der Waals surface area contributed by atoms with Crippen LogP contribution in [0.2, 0.25) is 5.02 Å². The highest BCUT2D eigenvalue weighted by Gasteiger charge is 2.46. The SMILES string of the molecule is O=C([O-])C1=Cc2cc(Cl)c(CC3CCCCC3)cc2OC1C(F)(F)F. The van der Waals surface area contributed by atoms with E-state index in [2.05, 4.69) is 0 Å². The second-order valence-corrected chi connectivity index (χ2v) is 7.02. The Morgan fingerprint density at radius 2 is 1.92 bits per heavy atom. The molecule has 1 heterocycles. The molecule has 0 saturated heterocycles. The van der Waals surface area contributed by atoms with Crippen LogP contribution >= 0.6 is 11.6 Å². The van der Waals surface area contributed by atoms with E-state index < -0.39 is 23.8 Å². The summed E-state index contributed by atoms with van der Waals surface area (Å²) in [6, 6.07) is 2.97. The van der Waals surface area contributed by atoms with Gasteiger partial charge in [0.2, 0.25) is 6.10 Å². The highest BCUT2D eigenvalue weighted by Crippen LogP contribution is 2.40. The largest absolute Gasteiger partial charge is 0.545 e. The quantitative estimate of drug-likeness (QED) is 0.807. The number of ether oxygens (including phenoxy) is 1. The van der Waals surface area contributed by atoms with Crippen LogP contribution in [0.15, 0.2) is 17.7 Å². The van der Waals surface area contributed by atoms with Gasteiger partial charge in [-0.2, -0.15) is 13.2 Å². The average molecular weight is 374 g/mol. The molecule has 1 aliphatic heterocycles. The Labute approximate surface area is 148 Å². The molecule has 0 spiro atoms. The zero-order valence-corrected chi connectivity index (χ0v) is 14.1. The number of carbonyl (C=O) groups excluding carboxylic acids is 1. The zero-order chi connectivity index (χ0) is 18.2. The predicted molar refractivity (Wildman–Crippen MR) is 85.2 cm³/mol. The van der Waals surface area contributed by atoms with Crippen molar-refractivity contribution in [2.24, 2.45) is 5.92 Å². The van der Waals surface area contributed by atoms with Crippen molar-refractivity contribution in [3.8, 4) is 5.75 Å². The van der Waals surface area contributed by atoms with Gasteiger partial charge in [-0.15, -0.1) is 0 Å². The van der Waals surface area contributed by atoms with E-state index in [1.165, 1.54) is 18.6 Å². The topological polar surface area (TPSA) is 49.4 Å². The van der Waals surface area contributed by atoms with Crippen LogP contribution in [0.25, 0.3) is 6.08 Å². The number of fused-ring (bicyclic) bond motifs is 1. The van der Waals surface area contributed by atoms with Gasteiger partial charge in [-0.3, -0.25) is 0 Å². The molecule has 0 amide bonds. The lowest BCUT2D eigenvalue weighted by Crippen LogP contribution is -2.44. The van der Waals surface area contributed by atoms with Gasteiger partial charge in [-0.05, 0) is 36.1 Å². The van der Waals surface area contributed by atoms with Crippen LogP contribution in [-0.4, -0.2) is 18.2 Å². The molecule has 0 radical (unpaired) electrons. The van der Waals surface area contributed by atoms with E-state index >= 15 is 0 Å². The van der Waals surface area contributed by atoms with Gasteiger partial charge in [0.15, 0.2) is 0 Å². The van der Waals surface area contributed by atoms with E-state index in [1.54, 1.807) is 0 Å². The second-order valence-electron chi connectivity index (χ2n) is 6.62. The number of benzene rings is 1. The predicted octanol–water partition coefficient (Wildman–Crippen LogP) is 3.92. The summed E-state index contributed by atoms with van der Waals surface area (Å²) < 4.78 is 44.3. The third-order valence-electron chi connectivity index (χ3n) is 4.78. The first-order valence-corrected chi connectivity index (χ1v) is 8.62. The maximum Gasteiger partial charge on any atom is 0.429 e. The number of carbonyl (C=O) groups is 1. The van der Waals surface area contributed by atoms with Crippen LogP contribution in [0.1, 0.15) is 43.2 Å². The molecule has 1 aliphatic carbocycles. The number of aliphatic carboxylic acids is 1. The summed E-state index contributed by atoms with van der Waals surface area (Å²) in [5, 5.41) is 11.5. The van der Waals surface area contributed by atoms with Crippen molar-refractivity contribution in [1.29, 1.82) is 0 Å². The fourth-order valence-corrected chi connectivity index (χ4v) is 3.78. The van der Waals surface area contributed by atoms with Gasteiger partial charge in [0, 0.05) is 16.2 Å². The summed E-state index contributed by atoms with van der Waals surface area (Å²) in [7, 11) is 0. The summed E-state index contributed by atoms with van der Waals surface area (Å²) >= 11 is 6.26. The van der Waals surface area contributed by atoms with Crippen LogP contribution in [0.3, 0.4) is 0 Å². The zero-order valence-electron chi connectivity index (χ0n) is 13.4. The van der Waals surface area contributed by atoms with Crippen molar-refractivity contribution in [1.82, 2.24) is 0 Å². The molecule has 1 fully saturated rings. The molecule has 25 heavy (non-hydrogen) atoms. The van der Waals surface area contributed by atoms with Gasteiger partial charge in [0.1, 0.15) is 5.75 Å². The minimum Gasteiger partial charge on any atom is -0.545 e. The van der Waals surface area contributed by atoms with Crippen molar-refractivity contribution in [3.05, 3.63) is 33.9 Å². The number of carboxylic acid groups (broad SMARTS) is 1. The molecule has 0 N–H and O–H groups in total. The lowest BCUT2D eigenvalue weighted by molar-refractivity contribution is -0.302. The van der Waals surface area contributed by atoms with Gasteiger partial charge < -0.3 is 14.6 Å². The standard InChI is InChI=1S/C18H18ClF3O3/c19-14-8-12-7-13(17(23)24)16(18(20,21)22)25-15(12)9-11(14)6-10-4-2-1-3-5-10/h7-10,16H,1-6H2,(H,23,24)/p-1. The fraction of sp³-hybridized carbons (Fsp3) is 0.500. The summed E-state index contributed by atoms with van der Waals surface area (Å²) in [5.74, 6) is -1.45. The Morgan fingerprint density at radius 1 is 1.24 bits per heavy atom.